The van der Waals surface area contributed by atoms with Crippen LogP contribution in [-0.4, -0.2) is 4.98 Å². The summed E-state index contributed by atoms with van der Waals surface area (Å²) in [6.45, 7) is 4.00. The van der Waals surface area contributed by atoms with E-state index in [2.05, 4.69) is 11.1 Å². The molecule has 0 aliphatic heterocycles. The number of rotatable bonds is 3. The molecular formula is C15H14N2O. The molecule has 1 aromatic carbocycles. The Hall–Kier alpha value is -2.34. The highest BCUT2D eigenvalue weighted by Gasteiger charge is 2.04. The molecule has 3 heteroatoms. The molecule has 0 unspecified atom stereocenters. The van der Waals surface area contributed by atoms with Gasteiger partial charge in [-0.25, -0.2) is 4.98 Å². The number of aromatic nitrogens is 1. The molecule has 0 spiro atoms. The van der Waals surface area contributed by atoms with E-state index in [0.29, 0.717) is 17.2 Å². The highest BCUT2D eigenvalue weighted by atomic mass is 16.5. The van der Waals surface area contributed by atoms with Gasteiger partial charge in [0.1, 0.15) is 5.75 Å². The van der Waals surface area contributed by atoms with Gasteiger partial charge in [-0.2, -0.15) is 5.26 Å². The molecule has 0 radical (unpaired) electrons. The summed E-state index contributed by atoms with van der Waals surface area (Å²) in [7, 11) is 0. The molecule has 0 fully saturated rings. The van der Waals surface area contributed by atoms with Crippen LogP contribution in [0.15, 0.2) is 36.5 Å². The zero-order chi connectivity index (χ0) is 13.0. The van der Waals surface area contributed by atoms with Crippen LogP contribution in [0.4, 0.5) is 0 Å². The summed E-state index contributed by atoms with van der Waals surface area (Å²) in [5.74, 6) is 1.27. The van der Waals surface area contributed by atoms with E-state index in [1.165, 1.54) is 0 Å². The van der Waals surface area contributed by atoms with Gasteiger partial charge in [-0.1, -0.05) is 13.0 Å². The van der Waals surface area contributed by atoms with Crippen molar-refractivity contribution in [2.24, 2.45) is 0 Å². The van der Waals surface area contributed by atoms with E-state index in [0.717, 1.165) is 17.5 Å². The van der Waals surface area contributed by atoms with Crippen molar-refractivity contribution >= 4 is 0 Å². The topological polar surface area (TPSA) is 45.9 Å². The molecule has 0 bridgehead atoms. The van der Waals surface area contributed by atoms with Gasteiger partial charge in [0.05, 0.1) is 11.6 Å². The van der Waals surface area contributed by atoms with E-state index < -0.39 is 0 Å². The van der Waals surface area contributed by atoms with Crippen LogP contribution in [0.1, 0.15) is 23.6 Å². The average Bonchev–Trinajstić information content (AvgIpc) is 2.41. The first-order valence-electron chi connectivity index (χ1n) is 5.86. The van der Waals surface area contributed by atoms with Crippen molar-refractivity contribution < 1.29 is 4.74 Å². The van der Waals surface area contributed by atoms with Crippen LogP contribution >= 0.6 is 0 Å². The molecule has 18 heavy (non-hydrogen) atoms. The average molecular weight is 238 g/mol. The summed E-state index contributed by atoms with van der Waals surface area (Å²) in [5.41, 5.74) is 2.78. The third-order valence-corrected chi connectivity index (χ3v) is 2.68. The number of hydrogen-bond donors (Lipinski definition) is 0. The maximum Gasteiger partial charge on any atom is 0.219 e. The second-order valence-corrected chi connectivity index (χ2v) is 4.06. The summed E-state index contributed by atoms with van der Waals surface area (Å²) in [5, 5.41) is 8.96. The molecule has 3 nitrogen and oxygen atoms in total. The minimum absolute atomic E-state index is 0.562. The molecule has 0 saturated carbocycles. The minimum Gasteiger partial charge on any atom is -0.439 e. The predicted octanol–water partition coefficient (Wildman–Crippen LogP) is 3.62. The first kappa shape index (κ1) is 12.1. The van der Waals surface area contributed by atoms with Crippen LogP contribution in [-0.2, 0) is 6.42 Å². The van der Waals surface area contributed by atoms with E-state index in [4.69, 9.17) is 10.00 Å². The van der Waals surface area contributed by atoms with Crippen molar-refractivity contribution in [1.29, 1.82) is 5.26 Å². The van der Waals surface area contributed by atoms with E-state index in [9.17, 15) is 0 Å². The summed E-state index contributed by atoms with van der Waals surface area (Å²) >= 11 is 0. The number of aryl methyl sites for hydroxylation is 2. The Balaban J connectivity index is 2.25. The molecule has 0 amide bonds. The number of ether oxygens (including phenoxy) is 1. The lowest BCUT2D eigenvalue weighted by molar-refractivity contribution is 0.462. The zero-order valence-corrected chi connectivity index (χ0v) is 10.5. The van der Waals surface area contributed by atoms with Crippen LogP contribution < -0.4 is 4.74 Å². The van der Waals surface area contributed by atoms with E-state index in [1.54, 1.807) is 18.3 Å². The molecule has 1 heterocycles. The van der Waals surface area contributed by atoms with Gasteiger partial charge < -0.3 is 4.74 Å². The number of hydrogen-bond acceptors (Lipinski definition) is 3. The van der Waals surface area contributed by atoms with Gasteiger partial charge in [-0.05, 0) is 42.7 Å². The largest absolute Gasteiger partial charge is 0.439 e. The Labute approximate surface area is 107 Å². The number of pyridine rings is 1. The SMILES string of the molecule is CCc1cc(Oc2ccc(C)cn2)ccc1C#N. The van der Waals surface area contributed by atoms with Crippen LogP contribution in [0.3, 0.4) is 0 Å². The third kappa shape index (κ3) is 2.67. The van der Waals surface area contributed by atoms with Crippen LogP contribution in [0.5, 0.6) is 11.6 Å². The molecule has 0 aliphatic carbocycles. The molecule has 2 rings (SSSR count). The first-order valence-corrected chi connectivity index (χ1v) is 5.86. The first-order chi connectivity index (χ1) is 8.72. The summed E-state index contributed by atoms with van der Waals surface area (Å²) in [6.07, 6.45) is 2.57. The summed E-state index contributed by atoms with van der Waals surface area (Å²) in [4.78, 5) is 4.18. The van der Waals surface area contributed by atoms with Gasteiger partial charge >= 0.3 is 0 Å². The lowest BCUT2D eigenvalue weighted by Crippen LogP contribution is -1.92. The van der Waals surface area contributed by atoms with Gasteiger partial charge in [0, 0.05) is 12.3 Å². The number of nitriles is 1. The molecule has 0 N–H and O–H groups in total. The summed E-state index contributed by atoms with van der Waals surface area (Å²) in [6, 6.07) is 11.4. The molecule has 0 saturated heterocycles. The highest BCUT2D eigenvalue weighted by molar-refractivity contribution is 5.43. The van der Waals surface area contributed by atoms with Crippen molar-refractivity contribution in [2.75, 3.05) is 0 Å². The van der Waals surface area contributed by atoms with Gasteiger partial charge in [-0.15, -0.1) is 0 Å². The van der Waals surface area contributed by atoms with Crippen molar-refractivity contribution in [2.45, 2.75) is 20.3 Å². The fourth-order valence-corrected chi connectivity index (χ4v) is 1.67. The zero-order valence-electron chi connectivity index (χ0n) is 10.5. The third-order valence-electron chi connectivity index (χ3n) is 2.68. The fourth-order valence-electron chi connectivity index (χ4n) is 1.67. The Morgan fingerprint density at radius 2 is 2.11 bits per heavy atom. The fraction of sp³-hybridized carbons (Fsp3) is 0.200. The van der Waals surface area contributed by atoms with Crippen molar-refractivity contribution in [1.82, 2.24) is 4.98 Å². The molecule has 0 aliphatic rings. The molecule has 1 aromatic heterocycles. The predicted molar refractivity (Wildman–Crippen MR) is 69.6 cm³/mol. The Bertz CT molecular complexity index is 582. The second kappa shape index (κ2) is 5.33. The molecule has 90 valence electrons. The second-order valence-electron chi connectivity index (χ2n) is 4.06. The highest BCUT2D eigenvalue weighted by Crippen LogP contribution is 2.22. The summed E-state index contributed by atoms with van der Waals surface area (Å²) < 4.78 is 5.65. The van der Waals surface area contributed by atoms with Gasteiger partial charge in [0.15, 0.2) is 0 Å². The van der Waals surface area contributed by atoms with Crippen LogP contribution in [0.2, 0.25) is 0 Å². The molecule has 2 aromatic rings. The normalized spacial score (nSPS) is 9.83. The maximum atomic E-state index is 8.96. The monoisotopic (exact) mass is 238 g/mol. The lowest BCUT2D eigenvalue weighted by Gasteiger charge is -2.07. The van der Waals surface area contributed by atoms with Crippen LogP contribution in [0, 0.1) is 18.3 Å². The van der Waals surface area contributed by atoms with Gasteiger partial charge in [0.2, 0.25) is 5.88 Å². The Morgan fingerprint density at radius 1 is 1.28 bits per heavy atom. The van der Waals surface area contributed by atoms with Crippen molar-refractivity contribution in [3.63, 3.8) is 0 Å². The van der Waals surface area contributed by atoms with Gasteiger partial charge in [0.25, 0.3) is 0 Å². The van der Waals surface area contributed by atoms with Crippen molar-refractivity contribution in [3.05, 3.63) is 53.2 Å². The van der Waals surface area contributed by atoms with E-state index in [1.807, 2.05) is 32.0 Å². The van der Waals surface area contributed by atoms with Crippen molar-refractivity contribution in [3.8, 4) is 17.7 Å². The minimum atomic E-state index is 0.562. The van der Waals surface area contributed by atoms with Gasteiger partial charge in [-0.3, -0.25) is 0 Å². The number of nitrogens with zero attached hydrogens (tertiary/aromatic N) is 2. The Morgan fingerprint density at radius 3 is 2.72 bits per heavy atom. The number of benzene rings is 1. The lowest BCUT2D eigenvalue weighted by atomic mass is 10.1. The quantitative estimate of drug-likeness (QED) is 0.820. The molecule has 0 atom stereocenters. The maximum absolute atomic E-state index is 8.96. The van der Waals surface area contributed by atoms with E-state index in [-0.39, 0.29) is 0 Å². The standard InChI is InChI=1S/C15H14N2O/c1-3-12-8-14(6-5-13(12)9-16)18-15-7-4-11(2)10-17-15/h4-8,10H,3H2,1-2H3. The molecular weight excluding hydrogens is 224 g/mol. The van der Waals surface area contributed by atoms with E-state index >= 15 is 0 Å². The Kier molecular flexibility index (Phi) is 3.59. The smallest absolute Gasteiger partial charge is 0.219 e. The van der Waals surface area contributed by atoms with Crippen LogP contribution in [0.25, 0.3) is 0 Å².